The van der Waals surface area contributed by atoms with Gasteiger partial charge in [0.05, 0.1) is 28.1 Å². The van der Waals surface area contributed by atoms with E-state index in [4.69, 9.17) is 4.98 Å². The van der Waals surface area contributed by atoms with E-state index in [0.717, 1.165) is 28.2 Å². The van der Waals surface area contributed by atoms with Crippen LogP contribution in [0.5, 0.6) is 0 Å². The van der Waals surface area contributed by atoms with Crippen LogP contribution < -0.4 is 0 Å². The van der Waals surface area contributed by atoms with Crippen LogP contribution in [-0.4, -0.2) is 9.55 Å². The van der Waals surface area contributed by atoms with Crippen molar-refractivity contribution in [3.8, 4) is 28.2 Å². The third-order valence-electron chi connectivity index (χ3n) is 6.45. The van der Waals surface area contributed by atoms with Crippen LogP contribution in [0, 0.1) is 0 Å². The summed E-state index contributed by atoms with van der Waals surface area (Å²) in [5, 5.41) is 6.00. The molecule has 2 nitrogen and oxygen atoms in total. The van der Waals surface area contributed by atoms with Crippen molar-refractivity contribution in [2.75, 3.05) is 0 Å². The van der Waals surface area contributed by atoms with E-state index in [1.807, 2.05) is 12.1 Å². The Kier molecular flexibility index (Phi) is 4.36. The number of thiophene rings is 1. The van der Waals surface area contributed by atoms with Crippen molar-refractivity contribution in [2.45, 2.75) is 0 Å². The molecule has 0 aliphatic rings. The van der Waals surface area contributed by atoms with Gasteiger partial charge in [-0.2, -0.15) is 0 Å². The summed E-state index contributed by atoms with van der Waals surface area (Å²) in [6.07, 6.45) is 0. The van der Waals surface area contributed by atoms with Gasteiger partial charge in [-0.05, 0) is 47.2 Å². The summed E-state index contributed by atoms with van der Waals surface area (Å²) >= 11 is 1.80. The molecule has 0 N–H and O–H groups in total. The van der Waals surface area contributed by atoms with Gasteiger partial charge in [-0.3, -0.25) is 0 Å². The van der Waals surface area contributed by atoms with E-state index in [-0.39, 0.29) is 0 Å². The second-order valence-electron chi connectivity index (χ2n) is 8.51. The Morgan fingerprint density at radius 1 is 0.559 bits per heavy atom. The first-order valence-electron chi connectivity index (χ1n) is 11.4. The van der Waals surface area contributed by atoms with Crippen molar-refractivity contribution in [2.24, 2.45) is 0 Å². The molecule has 3 aromatic heterocycles. The molecule has 0 amide bonds. The molecule has 0 fully saturated rings. The number of para-hydroxylation sites is 1. The number of hydrogen-bond donors (Lipinski definition) is 0. The molecule has 0 aliphatic heterocycles. The second-order valence-corrected chi connectivity index (χ2v) is 9.46. The first-order valence-corrected chi connectivity index (χ1v) is 12.3. The van der Waals surface area contributed by atoms with Crippen LogP contribution in [0.3, 0.4) is 0 Å². The molecule has 0 saturated heterocycles. The Morgan fingerprint density at radius 3 is 1.91 bits per heavy atom. The van der Waals surface area contributed by atoms with Crippen LogP contribution in [0.1, 0.15) is 0 Å². The van der Waals surface area contributed by atoms with Crippen molar-refractivity contribution in [3.05, 3.63) is 121 Å². The van der Waals surface area contributed by atoms with Crippen LogP contribution in [0.15, 0.2) is 121 Å². The molecule has 3 heterocycles. The Hall–Kier alpha value is -4.21. The lowest BCUT2D eigenvalue weighted by atomic mass is 10.1. The molecule has 160 valence electrons. The third kappa shape index (κ3) is 3.06. The lowest BCUT2D eigenvalue weighted by Crippen LogP contribution is -1.98. The maximum Gasteiger partial charge on any atom is 0.0730 e. The van der Waals surface area contributed by atoms with E-state index in [2.05, 4.69) is 113 Å². The zero-order chi connectivity index (χ0) is 22.5. The van der Waals surface area contributed by atoms with Gasteiger partial charge in [0.2, 0.25) is 0 Å². The SMILES string of the molecule is c1ccc(-c2cc(-n3c4ccccc4c4cc5sccc5cc43)cc(-c3ccccc3)n2)cc1. The van der Waals surface area contributed by atoms with Gasteiger partial charge >= 0.3 is 0 Å². The smallest absolute Gasteiger partial charge is 0.0730 e. The second kappa shape index (κ2) is 7.68. The summed E-state index contributed by atoms with van der Waals surface area (Å²) in [7, 11) is 0. The van der Waals surface area contributed by atoms with E-state index in [1.165, 1.54) is 31.9 Å². The predicted octanol–water partition coefficient (Wildman–Crippen LogP) is 8.73. The molecule has 0 atom stereocenters. The molecule has 3 heteroatoms. The largest absolute Gasteiger partial charge is 0.309 e. The molecule has 7 rings (SSSR count). The number of fused-ring (bicyclic) bond motifs is 4. The minimum absolute atomic E-state index is 0.972. The fourth-order valence-electron chi connectivity index (χ4n) is 4.86. The Labute approximate surface area is 201 Å². The highest BCUT2D eigenvalue weighted by molar-refractivity contribution is 7.17. The van der Waals surface area contributed by atoms with E-state index in [1.54, 1.807) is 11.3 Å². The molecule has 0 unspecified atom stereocenters. The zero-order valence-electron chi connectivity index (χ0n) is 18.3. The van der Waals surface area contributed by atoms with Crippen LogP contribution >= 0.6 is 11.3 Å². The number of pyridine rings is 1. The van der Waals surface area contributed by atoms with Crippen LogP contribution in [-0.2, 0) is 0 Å². The van der Waals surface area contributed by atoms with E-state index >= 15 is 0 Å². The van der Waals surface area contributed by atoms with Gasteiger partial charge in [0, 0.05) is 26.6 Å². The van der Waals surface area contributed by atoms with E-state index in [9.17, 15) is 0 Å². The first-order chi connectivity index (χ1) is 16.8. The standard InChI is InChI=1S/C31H20N2S/c1-3-9-21(10-4-1)27-18-24(19-28(32-27)22-11-5-2-6-12-22)33-29-14-8-7-13-25(29)26-20-31-23(15-16-34-31)17-30(26)33/h1-20H. The summed E-state index contributed by atoms with van der Waals surface area (Å²) in [6.45, 7) is 0. The highest BCUT2D eigenvalue weighted by atomic mass is 32.1. The van der Waals surface area contributed by atoms with Gasteiger partial charge in [0.25, 0.3) is 0 Å². The fourth-order valence-corrected chi connectivity index (χ4v) is 5.67. The maximum atomic E-state index is 5.07. The average molecular weight is 453 g/mol. The summed E-state index contributed by atoms with van der Waals surface area (Å²) in [6, 6.07) is 40.9. The Bertz CT molecular complexity index is 1740. The average Bonchev–Trinajstić information content (AvgIpc) is 3.50. The van der Waals surface area contributed by atoms with Crippen molar-refractivity contribution >= 4 is 43.2 Å². The molecule has 0 spiro atoms. The van der Waals surface area contributed by atoms with Crippen LogP contribution in [0.4, 0.5) is 0 Å². The highest BCUT2D eigenvalue weighted by Crippen LogP contribution is 2.37. The number of nitrogens with zero attached hydrogens (tertiary/aromatic N) is 2. The molecule has 34 heavy (non-hydrogen) atoms. The van der Waals surface area contributed by atoms with E-state index < -0.39 is 0 Å². The summed E-state index contributed by atoms with van der Waals surface area (Å²) in [5.41, 5.74) is 7.72. The third-order valence-corrected chi connectivity index (χ3v) is 7.33. The highest BCUT2D eigenvalue weighted by Gasteiger charge is 2.16. The van der Waals surface area contributed by atoms with E-state index in [0.29, 0.717) is 0 Å². The number of hydrogen-bond acceptors (Lipinski definition) is 2. The summed E-state index contributed by atoms with van der Waals surface area (Å²) in [4.78, 5) is 5.07. The molecule has 7 aromatic rings. The molecule has 0 saturated carbocycles. The summed E-state index contributed by atoms with van der Waals surface area (Å²) in [5.74, 6) is 0. The summed E-state index contributed by atoms with van der Waals surface area (Å²) < 4.78 is 3.71. The van der Waals surface area contributed by atoms with Crippen molar-refractivity contribution < 1.29 is 0 Å². The monoisotopic (exact) mass is 452 g/mol. The zero-order valence-corrected chi connectivity index (χ0v) is 19.2. The number of aromatic nitrogens is 2. The minimum atomic E-state index is 0.972. The topological polar surface area (TPSA) is 17.8 Å². The first kappa shape index (κ1) is 19.3. The van der Waals surface area contributed by atoms with Gasteiger partial charge in [-0.15, -0.1) is 11.3 Å². The lowest BCUT2D eigenvalue weighted by molar-refractivity contribution is 1.16. The van der Waals surface area contributed by atoms with Crippen LogP contribution in [0.2, 0.25) is 0 Å². The Balaban J connectivity index is 1.59. The molecule has 0 aliphatic carbocycles. The molecule has 4 aromatic carbocycles. The molecular weight excluding hydrogens is 432 g/mol. The van der Waals surface area contributed by atoms with Gasteiger partial charge in [-0.25, -0.2) is 4.98 Å². The van der Waals surface area contributed by atoms with Gasteiger partial charge in [0.15, 0.2) is 0 Å². The number of rotatable bonds is 3. The Morgan fingerprint density at radius 2 is 1.21 bits per heavy atom. The molecule has 0 radical (unpaired) electrons. The molecular formula is C31H20N2S. The molecule has 0 bridgehead atoms. The predicted molar refractivity (Wildman–Crippen MR) is 145 cm³/mol. The minimum Gasteiger partial charge on any atom is -0.309 e. The van der Waals surface area contributed by atoms with Crippen molar-refractivity contribution in [3.63, 3.8) is 0 Å². The quantitative estimate of drug-likeness (QED) is 0.262. The van der Waals surface area contributed by atoms with Gasteiger partial charge in [0.1, 0.15) is 0 Å². The van der Waals surface area contributed by atoms with Crippen molar-refractivity contribution in [1.82, 2.24) is 9.55 Å². The lowest BCUT2D eigenvalue weighted by Gasteiger charge is -2.13. The van der Waals surface area contributed by atoms with Gasteiger partial charge in [-0.1, -0.05) is 78.9 Å². The van der Waals surface area contributed by atoms with Crippen LogP contribution in [0.25, 0.3) is 60.1 Å². The van der Waals surface area contributed by atoms with Gasteiger partial charge < -0.3 is 4.57 Å². The maximum absolute atomic E-state index is 5.07. The fraction of sp³-hybridized carbons (Fsp3) is 0. The number of benzene rings is 4. The van der Waals surface area contributed by atoms with Crippen molar-refractivity contribution in [1.29, 1.82) is 0 Å². The normalized spacial score (nSPS) is 11.5.